The molecule has 0 spiro atoms. The van der Waals surface area contributed by atoms with E-state index in [9.17, 15) is 4.79 Å². The molecule has 2 aliphatic heterocycles. The molecule has 1 aromatic rings. The van der Waals surface area contributed by atoms with Gasteiger partial charge in [0.15, 0.2) is 0 Å². The minimum absolute atomic E-state index is 0.123. The van der Waals surface area contributed by atoms with Gasteiger partial charge in [-0.3, -0.25) is 4.79 Å². The molecule has 1 N–H and O–H groups in total. The Morgan fingerprint density at radius 2 is 2.26 bits per heavy atom. The molecular weight excluding hydrogens is 292 g/mol. The van der Waals surface area contributed by atoms with Gasteiger partial charge in [-0.05, 0) is 37.0 Å². The molecule has 0 bridgehead atoms. The van der Waals surface area contributed by atoms with Crippen LogP contribution in [0.3, 0.4) is 0 Å². The Balaban J connectivity index is 1.67. The van der Waals surface area contributed by atoms with Crippen molar-refractivity contribution in [3.63, 3.8) is 0 Å². The quantitative estimate of drug-likeness (QED) is 0.846. The molecule has 1 aromatic carbocycles. The molecule has 0 aliphatic carbocycles. The molecule has 1 amide bonds. The van der Waals surface area contributed by atoms with Crippen molar-refractivity contribution >= 4 is 11.6 Å². The fourth-order valence-corrected chi connectivity index (χ4v) is 3.14. The first-order valence-electron chi connectivity index (χ1n) is 8.23. The zero-order valence-electron chi connectivity index (χ0n) is 13.6. The summed E-state index contributed by atoms with van der Waals surface area (Å²) in [6.07, 6.45) is 5.03. The standard InChI is InChI=1S/C18H24N2O3/c1-22-17-9-3-2-8-16(17)20-10-4-7-15(18(20)21)19-12-14-6-5-11-23-13-14/h2-3,6,8-9,15,19H,4-5,7,10-13H2,1H3. The van der Waals surface area contributed by atoms with Gasteiger partial charge in [0.25, 0.3) is 0 Å². The third kappa shape index (κ3) is 3.74. The van der Waals surface area contributed by atoms with E-state index >= 15 is 0 Å². The number of amides is 1. The lowest BCUT2D eigenvalue weighted by Gasteiger charge is -2.33. The predicted octanol–water partition coefficient (Wildman–Crippen LogP) is 2.13. The van der Waals surface area contributed by atoms with Gasteiger partial charge in [0.2, 0.25) is 5.91 Å². The first-order valence-corrected chi connectivity index (χ1v) is 8.23. The van der Waals surface area contributed by atoms with Crippen LogP contribution in [0.25, 0.3) is 0 Å². The van der Waals surface area contributed by atoms with E-state index in [-0.39, 0.29) is 11.9 Å². The van der Waals surface area contributed by atoms with Gasteiger partial charge in [-0.2, -0.15) is 0 Å². The third-order valence-electron chi connectivity index (χ3n) is 4.37. The smallest absolute Gasteiger partial charge is 0.244 e. The van der Waals surface area contributed by atoms with Crippen molar-refractivity contribution in [3.05, 3.63) is 35.9 Å². The number of methoxy groups -OCH3 is 1. The van der Waals surface area contributed by atoms with Crippen LogP contribution in [-0.2, 0) is 9.53 Å². The Morgan fingerprint density at radius 1 is 1.39 bits per heavy atom. The number of piperidine rings is 1. The average molecular weight is 316 g/mol. The number of hydrogen-bond acceptors (Lipinski definition) is 4. The topological polar surface area (TPSA) is 50.8 Å². The van der Waals surface area contributed by atoms with E-state index in [2.05, 4.69) is 11.4 Å². The second-order valence-corrected chi connectivity index (χ2v) is 5.94. The fraction of sp³-hybridized carbons (Fsp3) is 0.500. The first-order chi connectivity index (χ1) is 11.3. The summed E-state index contributed by atoms with van der Waals surface area (Å²) in [6, 6.07) is 7.55. The van der Waals surface area contributed by atoms with E-state index in [0.29, 0.717) is 6.61 Å². The molecule has 1 unspecified atom stereocenters. The van der Waals surface area contributed by atoms with Crippen LogP contribution in [0.15, 0.2) is 35.9 Å². The molecular formula is C18H24N2O3. The van der Waals surface area contributed by atoms with Crippen LogP contribution in [0.5, 0.6) is 5.75 Å². The van der Waals surface area contributed by atoms with Gasteiger partial charge in [-0.15, -0.1) is 0 Å². The van der Waals surface area contributed by atoms with Crippen LogP contribution in [0.1, 0.15) is 19.3 Å². The van der Waals surface area contributed by atoms with Crippen molar-refractivity contribution in [2.24, 2.45) is 0 Å². The van der Waals surface area contributed by atoms with Crippen molar-refractivity contribution in [2.75, 3.05) is 38.3 Å². The summed E-state index contributed by atoms with van der Waals surface area (Å²) in [6.45, 7) is 2.93. The molecule has 0 saturated carbocycles. The van der Waals surface area contributed by atoms with Crippen LogP contribution >= 0.6 is 0 Å². The van der Waals surface area contributed by atoms with Gasteiger partial charge >= 0.3 is 0 Å². The summed E-state index contributed by atoms with van der Waals surface area (Å²) in [7, 11) is 1.64. The Labute approximate surface area is 137 Å². The molecule has 5 heteroatoms. The lowest BCUT2D eigenvalue weighted by atomic mass is 10.0. The summed E-state index contributed by atoms with van der Waals surface area (Å²) < 4.78 is 10.8. The van der Waals surface area contributed by atoms with Gasteiger partial charge < -0.3 is 19.7 Å². The van der Waals surface area contributed by atoms with Crippen molar-refractivity contribution in [1.82, 2.24) is 5.32 Å². The lowest BCUT2D eigenvalue weighted by Crippen LogP contribution is -2.51. The molecule has 1 atom stereocenters. The maximum atomic E-state index is 12.8. The molecule has 0 aromatic heterocycles. The molecule has 5 nitrogen and oxygen atoms in total. The largest absolute Gasteiger partial charge is 0.495 e. The van der Waals surface area contributed by atoms with Gasteiger partial charge in [-0.1, -0.05) is 18.2 Å². The molecule has 2 heterocycles. The Morgan fingerprint density at radius 3 is 3.04 bits per heavy atom. The maximum absolute atomic E-state index is 12.8. The minimum atomic E-state index is -0.142. The molecule has 2 aliphatic rings. The number of hydrogen-bond donors (Lipinski definition) is 1. The highest BCUT2D eigenvalue weighted by atomic mass is 16.5. The zero-order chi connectivity index (χ0) is 16.1. The van der Waals surface area contributed by atoms with Crippen molar-refractivity contribution in [2.45, 2.75) is 25.3 Å². The second-order valence-electron chi connectivity index (χ2n) is 5.94. The van der Waals surface area contributed by atoms with E-state index in [0.717, 1.165) is 50.4 Å². The summed E-state index contributed by atoms with van der Waals surface area (Å²) in [4.78, 5) is 14.7. The highest BCUT2D eigenvalue weighted by molar-refractivity contribution is 5.99. The summed E-state index contributed by atoms with van der Waals surface area (Å²) in [5, 5.41) is 3.40. The van der Waals surface area contributed by atoms with Crippen LogP contribution in [0, 0.1) is 0 Å². The SMILES string of the molecule is COc1ccccc1N1CCCC(NCC2=CCCOC2)C1=O. The minimum Gasteiger partial charge on any atom is -0.495 e. The normalized spacial score (nSPS) is 22.0. The molecule has 0 radical (unpaired) electrons. The average Bonchev–Trinajstić information content (AvgIpc) is 2.62. The predicted molar refractivity (Wildman–Crippen MR) is 89.9 cm³/mol. The molecule has 124 valence electrons. The summed E-state index contributed by atoms with van der Waals surface area (Å²) >= 11 is 0. The number of nitrogens with one attached hydrogen (secondary N) is 1. The van der Waals surface area contributed by atoms with Crippen LogP contribution in [0.2, 0.25) is 0 Å². The fourth-order valence-electron chi connectivity index (χ4n) is 3.14. The van der Waals surface area contributed by atoms with E-state index in [1.165, 1.54) is 5.57 Å². The third-order valence-corrected chi connectivity index (χ3v) is 4.37. The summed E-state index contributed by atoms with van der Waals surface area (Å²) in [5.41, 5.74) is 2.09. The van der Waals surface area contributed by atoms with Crippen molar-refractivity contribution in [3.8, 4) is 5.75 Å². The first kappa shape index (κ1) is 16.0. The number of benzene rings is 1. The van der Waals surface area contributed by atoms with E-state index in [1.54, 1.807) is 7.11 Å². The van der Waals surface area contributed by atoms with Gasteiger partial charge in [0, 0.05) is 13.1 Å². The number of carbonyl (C=O) groups excluding carboxylic acids is 1. The van der Waals surface area contributed by atoms with Crippen LogP contribution < -0.4 is 15.0 Å². The molecule has 3 rings (SSSR count). The van der Waals surface area contributed by atoms with Crippen molar-refractivity contribution in [1.29, 1.82) is 0 Å². The monoisotopic (exact) mass is 316 g/mol. The highest BCUT2D eigenvalue weighted by Crippen LogP contribution is 2.30. The van der Waals surface area contributed by atoms with Gasteiger partial charge in [0.1, 0.15) is 5.75 Å². The summed E-state index contributed by atoms with van der Waals surface area (Å²) in [5.74, 6) is 0.864. The number of ether oxygens (including phenoxy) is 2. The van der Waals surface area contributed by atoms with Crippen LogP contribution in [0.4, 0.5) is 5.69 Å². The highest BCUT2D eigenvalue weighted by Gasteiger charge is 2.30. The van der Waals surface area contributed by atoms with Crippen molar-refractivity contribution < 1.29 is 14.3 Å². The van der Waals surface area contributed by atoms with E-state index in [1.807, 2.05) is 29.2 Å². The Bertz CT molecular complexity index is 585. The number of rotatable bonds is 5. The molecule has 1 fully saturated rings. The Kier molecular flexibility index (Phi) is 5.31. The lowest BCUT2D eigenvalue weighted by molar-refractivity contribution is -0.121. The number of carbonyl (C=O) groups is 1. The van der Waals surface area contributed by atoms with E-state index < -0.39 is 0 Å². The number of para-hydroxylation sites is 2. The van der Waals surface area contributed by atoms with Gasteiger partial charge in [0.05, 0.1) is 32.1 Å². The van der Waals surface area contributed by atoms with E-state index in [4.69, 9.17) is 9.47 Å². The Hall–Kier alpha value is -1.85. The molecule has 1 saturated heterocycles. The number of nitrogens with zero attached hydrogens (tertiary/aromatic N) is 1. The maximum Gasteiger partial charge on any atom is 0.244 e. The van der Waals surface area contributed by atoms with Gasteiger partial charge in [-0.25, -0.2) is 0 Å². The van der Waals surface area contributed by atoms with Crippen LogP contribution in [-0.4, -0.2) is 45.4 Å². The number of anilines is 1. The molecule has 23 heavy (non-hydrogen) atoms. The zero-order valence-corrected chi connectivity index (χ0v) is 13.6. The second kappa shape index (κ2) is 7.62.